The fraction of sp³-hybridized carbons (Fsp3) is 1.00. The van der Waals surface area contributed by atoms with Gasteiger partial charge in [-0.2, -0.15) is 0 Å². The first-order valence-corrected chi connectivity index (χ1v) is 4.07. The molecule has 0 spiro atoms. The second kappa shape index (κ2) is 3.35. The summed E-state index contributed by atoms with van der Waals surface area (Å²) < 4.78 is 0. The summed E-state index contributed by atoms with van der Waals surface area (Å²) in [4.78, 5) is 2.31. The van der Waals surface area contributed by atoms with Crippen LogP contribution in [-0.2, 0) is 0 Å². The third-order valence-corrected chi connectivity index (χ3v) is 2.28. The molecule has 0 aromatic heterocycles. The van der Waals surface area contributed by atoms with Gasteiger partial charge in [-0.25, -0.2) is 0 Å². The summed E-state index contributed by atoms with van der Waals surface area (Å²) in [5.41, 5.74) is 0. The van der Waals surface area contributed by atoms with Gasteiger partial charge in [-0.15, -0.1) is 0 Å². The molecule has 0 bridgehead atoms. The van der Waals surface area contributed by atoms with E-state index in [9.17, 15) is 0 Å². The standard InChI is InChI=1S/C8H18N2/c1-7-4-8(10(2)3)6-9-5-7/h7-9H,4-6H2,1-3H3/t7-,8+/m1/s1. The lowest BCUT2D eigenvalue weighted by atomic mass is 9.97. The Labute approximate surface area is 63.6 Å². The zero-order valence-corrected chi connectivity index (χ0v) is 7.22. The summed E-state index contributed by atoms with van der Waals surface area (Å²) in [6, 6.07) is 0.753. The summed E-state index contributed by atoms with van der Waals surface area (Å²) >= 11 is 0. The van der Waals surface area contributed by atoms with Crippen molar-refractivity contribution in [2.45, 2.75) is 19.4 Å². The molecule has 10 heavy (non-hydrogen) atoms. The molecule has 60 valence electrons. The van der Waals surface area contributed by atoms with Gasteiger partial charge in [-0.3, -0.25) is 0 Å². The molecule has 0 aromatic carbocycles. The highest BCUT2D eigenvalue weighted by Gasteiger charge is 2.19. The highest BCUT2D eigenvalue weighted by atomic mass is 15.1. The van der Waals surface area contributed by atoms with Crippen LogP contribution in [0.25, 0.3) is 0 Å². The normalized spacial score (nSPS) is 34.8. The fourth-order valence-corrected chi connectivity index (χ4v) is 1.52. The zero-order chi connectivity index (χ0) is 7.56. The largest absolute Gasteiger partial charge is 0.315 e. The molecule has 0 amide bonds. The van der Waals surface area contributed by atoms with Gasteiger partial charge in [0.1, 0.15) is 0 Å². The molecule has 2 atom stereocenters. The van der Waals surface area contributed by atoms with Crippen LogP contribution in [-0.4, -0.2) is 38.1 Å². The molecule has 1 saturated heterocycles. The molecule has 2 heteroatoms. The van der Waals surface area contributed by atoms with Crippen molar-refractivity contribution >= 4 is 0 Å². The van der Waals surface area contributed by atoms with Gasteiger partial charge in [0.05, 0.1) is 0 Å². The van der Waals surface area contributed by atoms with Gasteiger partial charge in [0.2, 0.25) is 0 Å². The second-order valence-electron chi connectivity index (χ2n) is 3.62. The minimum atomic E-state index is 0.753. The Morgan fingerprint density at radius 1 is 1.30 bits per heavy atom. The molecular weight excluding hydrogens is 124 g/mol. The Bertz CT molecular complexity index is 101. The molecule has 1 rings (SSSR count). The third kappa shape index (κ3) is 1.96. The average Bonchev–Trinajstić information content (AvgIpc) is 1.88. The molecule has 1 aliphatic heterocycles. The van der Waals surface area contributed by atoms with Crippen molar-refractivity contribution in [3.63, 3.8) is 0 Å². The number of nitrogens with zero attached hydrogens (tertiary/aromatic N) is 1. The Hall–Kier alpha value is -0.0800. The summed E-state index contributed by atoms with van der Waals surface area (Å²) in [6.45, 7) is 4.67. The van der Waals surface area contributed by atoms with E-state index in [1.165, 1.54) is 13.0 Å². The first-order chi connectivity index (χ1) is 4.70. The van der Waals surface area contributed by atoms with Crippen LogP contribution in [0.2, 0.25) is 0 Å². The highest BCUT2D eigenvalue weighted by Crippen LogP contribution is 2.12. The summed E-state index contributed by atoms with van der Waals surface area (Å²) in [5.74, 6) is 0.848. The molecule has 0 aromatic rings. The van der Waals surface area contributed by atoms with Crippen molar-refractivity contribution in [2.24, 2.45) is 5.92 Å². The minimum Gasteiger partial charge on any atom is -0.315 e. The van der Waals surface area contributed by atoms with Crippen LogP contribution in [0.1, 0.15) is 13.3 Å². The molecule has 0 unspecified atom stereocenters. The molecule has 0 aliphatic carbocycles. The third-order valence-electron chi connectivity index (χ3n) is 2.28. The number of nitrogens with one attached hydrogen (secondary N) is 1. The van der Waals surface area contributed by atoms with E-state index in [2.05, 4.69) is 31.2 Å². The van der Waals surface area contributed by atoms with Gasteiger partial charge < -0.3 is 10.2 Å². The van der Waals surface area contributed by atoms with Crippen LogP contribution >= 0.6 is 0 Å². The number of likely N-dealkylation sites (N-methyl/N-ethyl adjacent to an activating group) is 1. The van der Waals surface area contributed by atoms with Crippen molar-refractivity contribution < 1.29 is 0 Å². The molecule has 1 N–H and O–H groups in total. The van der Waals surface area contributed by atoms with Gasteiger partial charge in [-0.05, 0) is 33.0 Å². The lowest BCUT2D eigenvalue weighted by Gasteiger charge is -2.32. The maximum Gasteiger partial charge on any atom is 0.0217 e. The van der Waals surface area contributed by atoms with E-state index in [0.29, 0.717) is 0 Å². The quantitative estimate of drug-likeness (QED) is 0.575. The van der Waals surface area contributed by atoms with Crippen molar-refractivity contribution in [3.8, 4) is 0 Å². The van der Waals surface area contributed by atoms with Crippen LogP contribution < -0.4 is 5.32 Å². The second-order valence-corrected chi connectivity index (χ2v) is 3.62. The first kappa shape index (κ1) is 8.02. The lowest BCUT2D eigenvalue weighted by Crippen LogP contribution is -2.45. The Morgan fingerprint density at radius 3 is 2.40 bits per heavy atom. The summed E-state index contributed by atoms with van der Waals surface area (Å²) in [6.07, 6.45) is 1.35. The van der Waals surface area contributed by atoms with Crippen molar-refractivity contribution in [1.29, 1.82) is 0 Å². The van der Waals surface area contributed by atoms with Gasteiger partial charge in [0.25, 0.3) is 0 Å². The van der Waals surface area contributed by atoms with E-state index in [0.717, 1.165) is 18.5 Å². The van der Waals surface area contributed by atoms with Crippen LogP contribution in [0, 0.1) is 5.92 Å². The SMILES string of the molecule is C[C@H]1CNC[C@@H](N(C)C)C1. The van der Waals surface area contributed by atoms with E-state index in [1.54, 1.807) is 0 Å². The number of piperidine rings is 1. The van der Waals surface area contributed by atoms with E-state index in [1.807, 2.05) is 0 Å². The monoisotopic (exact) mass is 142 g/mol. The van der Waals surface area contributed by atoms with Crippen molar-refractivity contribution in [3.05, 3.63) is 0 Å². The lowest BCUT2D eigenvalue weighted by molar-refractivity contribution is 0.208. The van der Waals surface area contributed by atoms with Crippen molar-refractivity contribution in [1.82, 2.24) is 10.2 Å². The van der Waals surface area contributed by atoms with Crippen molar-refractivity contribution in [2.75, 3.05) is 27.2 Å². The maximum absolute atomic E-state index is 3.42. The molecule has 1 heterocycles. The Morgan fingerprint density at radius 2 is 2.00 bits per heavy atom. The van der Waals surface area contributed by atoms with Crippen LogP contribution in [0.4, 0.5) is 0 Å². The molecule has 1 fully saturated rings. The molecule has 0 radical (unpaired) electrons. The molecular formula is C8H18N2. The highest BCUT2D eigenvalue weighted by molar-refractivity contribution is 4.78. The van der Waals surface area contributed by atoms with Crippen LogP contribution in [0.15, 0.2) is 0 Å². The average molecular weight is 142 g/mol. The van der Waals surface area contributed by atoms with Crippen LogP contribution in [0.5, 0.6) is 0 Å². The first-order valence-electron chi connectivity index (χ1n) is 4.07. The zero-order valence-electron chi connectivity index (χ0n) is 7.22. The summed E-state index contributed by atoms with van der Waals surface area (Å²) in [5, 5.41) is 3.42. The van der Waals surface area contributed by atoms with Gasteiger partial charge in [0, 0.05) is 12.6 Å². The number of hydrogen-bond acceptors (Lipinski definition) is 2. The van der Waals surface area contributed by atoms with E-state index >= 15 is 0 Å². The van der Waals surface area contributed by atoms with E-state index < -0.39 is 0 Å². The molecule has 2 nitrogen and oxygen atoms in total. The van der Waals surface area contributed by atoms with E-state index in [-0.39, 0.29) is 0 Å². The molecule has 1 aliphatic rings. The molecule has 0 saturated carbocycles. The van der Waals surface area contributed by atoms with Gasteiger partial charge in [-0.1, -0.05) is 6.92 Å². The Kier molecular flexibility index (Phi) is 2.69. The smallest absolute Gasteiger partial charge is 0.0217 e. The minimum absolute atomic E-state index is 0.753. The predicted octanol–water partition coefficient (Wildman–Crippen LogP) is 0.546. The fourth-order valence-electron chi connectivity index (χ4n) is 1.52. The topological polar surface area (TPSA) is 15.3 Å². The predicted molar refractivity (Wildman–Crippen MR) is 44.1 cm³/mol. The van der Waals surface area contributed by atoms with Crippen LogP contribution in [0.3, 0.4) is 0 Å². The number of hydrogen-bond donors (Lipinski definition) is 1. The summed E-state index contributed by atoms with van der Waals surface area (Å²) in [7, 11) is 4.31. The maximum atomic E-state index is 3.42. The Balaban J connectivity index is 2.32. The van der Waals surface area contributed by atoms with Gasteiger partial charge in [0.15, 0.2) is 0 Å². The number of rotatable bonds is 1. The van der Waals surface area contributed by atoms with Gasteiger partial charge >= 0.3 is 0 Å². The van der Waals surface area contributed by atoms with E-state index in [4.69, 9.17) is 0 Å².